The van der Waals surface area contributed by atoms with E-state index < -0.39 is 0 Å². The van der Waals surface area contributed by atoms with Crippen molar-refractivity contribution >= 4 is 45.6 Å². The number of aromatic nitrogens is 3. The minimum absolute atomic E-state index is 0.359. The Bertz CT molecular complexity index is 1450. The molecule has 0 amide bonds. The van der Waals surface area contributed by atoms with Crippen molar-refractivity contribution in [3.05, 3.63) is 89.6 Å². The molecule has 3 aromatic carbocycles. The van der Waals surface area contributed by atoms with Crippen molar-refractivity contribution in [1.29, 1.82) is 0 Å². The topological polar surface area (TPSA) is 72.3 Å². The molecule has 1 N–H and O–H groups in total. The first-order chi connectivity index (χ1) is 15.7. The van der Waals surface area contributed by atoms with Crippen molar-refractivity contribution in [2.24, 2.45) is 5.10 Å². The van der Waals surface area contributed by atoms with Gasteiger partial charge in [0.15, 0.2) is 0 Å². The van der Waals surface area contributed by atoms with Gasteiger partial charge in [-0.1, -0.05) is 60.1 Å². The minimum atomic E-state index is 0.359. The van der Waals surface area contributed by atoms with Gasteiger partial charge in [-0.2, -0.15) is 5.10 Å². The third-order valence-electron chi connectivity index (χ3n) is 5.02. The van der Waals surface area contributed by atoms with E-state index in [-0.39, 0.29) is 0 Å². The van der Waals surface area contributed by atoms with E-state index in [0.717, 1.165) is 38.8 Å². The van der Waals surface area contributed by atoms with Crippen LogP contribution in [0, 0.1) is 0 Å². The van der Waals surface area contributed by atoms with Crippen LogP contribution in [0.15, 0.2) is 84.0 Å². The van der Waals surface area contributed by atoms with Gasteiger partial charge in [0.2, 0.25) is 5.95 Å². The van der Waals surface area contributed by atoms with Crippen LogP contribution >= 0.6 is 11.6 Å². The van der Waals surface area contributed by atoms with E-state index in [1.165, 1.54) is 0 Å². The molecule has 0 aliphatic heterocycles. The molecular formula is C25H18ClN5O. The third-order valence-corrected chi connectivity index (χ3v) is 5.32. The number of nitrogens with zero attached hydrogens (tertiary/aromatic N) is 4. The van der Waals surface area contributed by atoms with Gasteiger partial charge >= 0.3 is 0 Å². The number of fused-ring (bicyclic) bond motifs is 2. The molecule has 0 spiro atoms. The first-order valence-corrected chi connectivity index (χ1v) is 10.3. The molecule has 5 aromatic rings. The summed E-state index contributed by atoms with van der Waals surface area (Å²) in [5.74, 6) is 1.14. The lowest BCUT2D eigenvalue weighted by atomic mass is 10.1. The molecule has 0 aliphatic rings. The summed E-state index contributed by atoms with van der Waals surface area (Å²) in [4.78, 5) is 13.7. The Kier molecular flexibility index (Phi) is 5.35. The number of hydrazone groups is 1. The largest absolute Gasteiger partial charge is 0.497 e. The van der Waals surface area contributed by atoms with Crippen molar-refractivity contribution in [1.82, 2.24) is 15.0 Å². The predicted molar refractivity (Wildman–Crippen MR) is 129 cm³/mol. The van der Waals surface area contributed by atoms with Gasteiger partial charge in [-0.3, -0.25) is 0 Å². The van der Waals surface area contributed by atoms with Gasteiger partial charge in [-0.25, -0.2) is 20.4 Å². The van der Waals surface area contributed by atoms with Gasteiger partial charge in [0.05, 0.1) is 30.1 Å². The summed E-state index contributed by atoms with van der Waals surface area (Å²) in [5, 5.41) is 6.55. The summed E-state index contributed by atoms with van der Waals surface area (Å²) in [7, 11) is 1.63. The van der Waals surface area contributed by atoms with Gasteiger partial charge in [-0.05, 0) is 30.3 Å². The second-order valence-electron chi connectivity index (χ2n) is 7.08. The number of hydrogen-bond donors (Lipinski definition) is 1. The zero-order chi connectivity index (χ0) is 21.9. The predicted octanol–water partition coefficient (Wildman–Crippen LogP) is 5.95. The van der Waals surface area contributed by atoms with E-state index in [1.54, 1.807) is 13.3 Å². The Labute approximate surface area is 189 Å². The third kappa shape index (κ3) is 3.96. The van der Waals surface area contributed by atoms with E-state index in [2.05, 4.69) is 20.5 Å². The lowest BCUT2D eigenvalue weighted by Gasteiger charge is -2.08. The minimum Gasteiger partial charge on any atom is -0.497 e. The number of methoxy groups -OCH3 is 1. The van der Waals surface area contributed by atoms with Crippen molar-refractivity contribution < 1.29 is 4.74 Å². The number of rotatable bonds is 5. The van der Waals surface area contributed by atoms with Crippen LogP contribution in [-0.4, -0.2) is 28.3 Å². The van der Waals surface area contributed by atoms with Crippen LogP contribution in [0.1, 0.15) is 5.56 Å². The second kappa shape index (κ2) is 8.61. The van der Waals surface area contributed by atoms with Crippen molar-refractivity contribution in [3.63, 3.8) is 0 Å². The van der Waals surface area contributed by atoms with Crippen molar-refractivity contribution in [3.8, 4) is 17.0 Å². The zero-order valence-corrected chi connectivity index (χ0v) is 17.9. The zero-order valence-electron chi connectivity index (χ0n) is 17.2. The van der Waals surface area contributed by atoms with E-state index >= 15 is 0 Å². The summed E-state index contributed by atoms with van der Waals surface area (Å²) in [6.45, 7) is 0. The van der Waals surface area contributed by atoms with Crippen LogP contribution in [0.5, 0.6) is 5.75 Å². The maximum absolute atomic E-state index is 6.35. The van der Waals surface area contributed by atoms with Crippen LogP contribution in [0.3, 0.4) is 0 Å². The van der Waals surface area contributed by atoms with E-state index in [0.29, 0.717) is 16.7 Å². The van der Waals surface area contributed by atoms with Crippen molar-refractivity contribution in [2.75, 3.05) is 12.5 Å². The molecule has 6 nitrogen and oxygen atoms in total. The molecule has 5 rings (SSSR count). The normalized spacial score (nSPS) is 11.3. The lowest BCUT2D eigenvalue weighted by Crippen LogP contribution is -2.00. The van der Waals surface area contributed by atoms with Crippen LogP contribution in [-0.2, 0) is 0 Å². The molecule has 2 aromatic heterocycles. The molecular weight excluding hydrogens is 422 g/mol. The van der Waals surface area contributed by atoms with Crippen LogP contribution in [0.4, 0.5) is 5.95 Å². The number of halogens is 1. The van der Waals surface area contributed by atoms with Gasteiger partial charge < -0.3 is 4.74 Å². The monoisotopic (exact) mass is 439 g/mol. The molecule has 0 radical (unpaired) electrons. The van der Waals surface area contributed by atoms with Gasteiger partial charge in [-0.15, -0.1) is 0 Å². The van der Waals surface area contributed by atoms with Gasteiger partial charge in [0.25, 0.3) is 0 Å². The standard InChI is InChI=1S/C25H18ClN5O/c1-32-19-11-12-21-17(14-19)13-18(24(26)28-21)15-27-31-25-29-22-10-6-5-9-20(22)23(30-25)16-7-3-2-4-8-16/h2-15H,1H3,(H,29,30,31). The highest BCUT2D eigenvalue weighted by Crippen LogP contribution is 2.27. The van der Waals surface area contributed by atoms with E-state index in [9.17, 15) is 0 Å². The fourth-order valence-electron chi connectivity index (χ4n) is 3.47. The molecule has 2 heterocycles. The van der Waals surface area contributed by atoms with E-state index in [4.69, 9.17) is 21.3 Å². The highest BCUT2D eigenvalue weighted by Gasteiger charge is 2.09. The number of pyridine rings is 1. The Morgan fingerprint density at radius 3 is 2.53 bits per heavy atom. The fourth-order valence-corrected chi connectivity index (χ4v) is 3.66. The van der Waals surface area contributed by atoms with Crippen molar-refractivity contribution in [2.45, 2.75) is 0 Å². The fraction of sp³-hybridized carbons (Fsp3) is 0.0400. The second-order valence-corrected chi connectivity index (χ2v) is 7.43. The maximum Gasteiger partial charge on any atom is 0.244 e. The first-order valence-electron chi connectivity index (χ1n) is 9.97. The molecule has 0 saturated heterocycles. The average Bonchev–Trinajstić information content (AvgIpc) is 2.84. The lowest BCUT2D eigenvalue weighted by molar-refractivity contribution is 0.415. The number of hydrogen-bond acceptors (Lipinski definition) is 6. The molecule has 0 atom stereocenters. The van der Waals surface area contributed by atoms with Crippen LogP contribution in [0.25, 0.3) is 33.1 Å². The molecule has 32 heavy (non-hydrogen) atoms. The molecule has 0 bridgehead atoms. The summed E-state index contributed by atoms with van der Waals surface area (Å²) >= 11 is 6.35. The highest BCUT2D eigenvalue weighted by atomic mass is 35.5. The van der Waals surface area contributed by atoms with Crippen LogP contribution in [0.2, 0.25) is 5.15 Å². The molecule has 156 valence electrons. The summed E-state index contributed by atoms with van der Waals surface area (Å²) in [5.41, 5.74) is 7.06. The number of benzene rings is 3. The first kappa shape index (κ1) is 19.9. The maximum atomic E-state index is 6.35. The number of ether oxygens (including phenoxy) is 1. The van der Waals surface area contributed by atoms with Crippen LogP contribution < -0.4 is 10.2 Å². The Morgan fingerprint density at radius 1 is 0.875 bits per heavy atom. The van der Waals surface area contributed by atoms with Gasteiger partial charge in [0.1, 0.15) is 10.9 Å². The highest BCUT2D eigenvalue weighted by molar-refractivity contribution is 6.32. The molecule has 0 saturated carbocycles. The summed E-state index contributed by atoms with van der Waals surface area (Å²) in [6.07, 6.45) is 1.61. The number of anilines is 1. The van der Waals surface area contributed by atoms with E-state index in [1.807, 2.05) is 78.9 Å². The Balaban J connectivity index is 1.48. The smallest absolute Gasteiger partial charge is 0.244 e. The Hall–Kier alpha value is -4.03. The number of nitrogens with one attached hydrogen (secondary N) is 1. The summed E-state index contributed by atoms with van der Waals surface area (Å²) < 4.78 is 5.29. The quantitative estimate of drug-likeness (QED) is 0.208. The molecule has 0 unspecified atom stereocenters. The molecule has 0 fully saturated rings. The molecule has 7 heteroatoms. The SMILES string of the molecule is COc1ccc2nc(Cl)c(C=NNc3nc(-c4ccccc4)c4ccccc4n3)cc2c1. The molecule has 0 aliphatic carbocycles. The summed E-state index contributed by atoms with van der Waals surface area (Å²) in [6, 6.07) is 25.4. The average molecular weight is 440 g/mol. The number of para-hydroxylation sites is 1. The van der Waals surface area contributed by atoms with Gasteiger partial charge in [0, 0.05) is 21.9 Å². The Morgan fingerprint density at radius 2 is 1.69 bits per heavy atom.